The van der Waals surface area contributed by atoms with Crippen LogP contribution in [-0.4, -0.2) is 67.9 Å². The quantitative estimate of drug-likeness (QED) is 0.268. The summed E-state index contributed by atoms with van der Waals surface area (Å²) >= 11 is 0. The molecule has 0 fully saturated rings. The minimum atomic E-state index is -4.71. The molecule has 0 bridgehead atoms. The van der Waals surface area contributed by atoms with Crippen LogP contribution in [0.15, 0.2) is 61.3 Å². The smallest absolute Gasteiger partial charge is 0.417 e. The van der Waals surface area contributed by atoms with Gasteiger partial charge in [-0.3, -0.25) is 9.59 Å². The van der Waals surface area contributed by atoms with Crippen LogP contribution in [0.2, 0.25) is 0 Å². The summed E-state index contributed by atoms with van der Waals surface area (Å²) in [7, 11) is 7.22. The van der Waals surface area contributed by atoms with Crippen LogP contribution in [0, 0.1) is 0 Å². The van der Waals surface area contributed by atoms with E-state index in [9.17, 15) is 22.8 Å². The number of hydrogen-bond acceptors (Lipinski definition) is 8. The van der Waals surface area contributed by atoms with Crippen molar-refractivity contribution >= 4 is 34.7 Å². The predicted octanol–water partition coefficient (Wildman–Crippen LogP) is 4.60. The number of rotatable bonds is 11. The van der Waals surface area contributed by atoms with E-state index in [1.807, 2.05) is 30.9 Å². The van der Waals surface area contributed by atoms with Gasteiger partial charge in [-0.2, -0.15) is 13.2 Å². The number of benzene rings is 2. The van der Waals surface area contributed by atoms with E-state index in [-0.39, 0.29) is 11.6 Å². The van der Waals surface area contributed by atoms with Gasteiger partial charge in [0, 0.05) is 38.0 Å². The minimum absolute atomic E-state index is 0.0571. The van der Waals surface area contributed by atoms with Crippen LogP contribution < -0.4 is 20.3 Å². The normalized spacial score (nSPS) is 11.2. The van der Waals surface area contributed by atoms with Crippen molar-refractivity contribution in [1.29, 1.82) is 0 Å². The third-order valence-electron chi connectivity index (χ3n) is 5.67. The third kappa shape index (κ3) is 7.32. The number of hydrogen-bond donors (Lipinski definition) is 2. The van der Waals surface area contributed by atoms with Gasteiger partial charge in [0.1, 0.15) is 11.4 Å². The molecule has 3 rings (SSSR count). The number of methoxy groups -OCH3 is 1. The topological polar surface area (TPSA) is 99.7 Å². The number of carbonyl (C=O) groups excluding carboxylic acids is 2. The lowest BCUT2D eigenvalue weighted by Gasteiger charge is -2.26. The van der Waals surface area contributed by atoms with Crippen LogP contribution in [0.4, 0.5) is 36.2 Å². The summed E-state index contributed by atoms with van der Waals surface area (Å²) in [6.45, 7) is 4.89. The Bertz CT molecular complexity index is 1360. The number of ketones is 1. The van der Waals surface area contributed by atoms with Crippen molar-refractivity contribution in [2.24, 2.45) is 0 Å². The lowest BCUT2D eigenvalue weighted by molar-refractivity contribution is -0.137. The Balaban J connectivity index is 1.99. The van der Waals surface area contributed by atoms with Crippen molar-refractivity contribution in [2.75, 3.05) is 56.9 Å². The zero-order chi connectivity index (χ0) is 28.7. The van der Waals surface area contributed by atoms with Crippen LogP contribution in [-0.2, 0) is 11.0 Å². The van der Waals surface area contributed by atoms with Gasteiger partial charge in [0.25, 0.3) is 0 Å². The Hall–Kier alpha value is -4.45. The molecule has 9 nitrogen and oxygen atoms in total. The largest absolute Gasteiger partial charge is 0.494 e. The van der Waals surface area contributed by atoms with Gasteiger partial charge in [0.05, 0.1) is 29.7 Å². The molecule has 0 unspecified atom stereocenters. The van der Waals surface area contributed by atoms with Crippen molar-refractivity contribution in [3.8, 4) is 5.75 Å². The number of aromatic nitrogens is 2. The number of halogens is 3. The van der Waals surface area contributed by atoms with Gasteiger partial charge in [-0.25, -0.2) is 9.97 Å². The highest BCUT2D eigenvalue weighted by Crippen LogP contribution is 2.38. The van der Waals surface area contributed by atoms with Crippen molar-refractivity contribution < 1.29 is 27.5 Å². The molecule has 206 valence electrons. The molecule has 0 radical (unpaired) electrons. The lowest BCUT2D eigenvalue weighted by Crippen LogP contribution is -2.29. The van der Waals surface area contributed by atoms with E-state index in [2.05, 4.69) is 27.2 Å². The van der Waals surface area contributed by atoms with Crippen molar-refractivity contribution in [3.05, 3.63) is 78.1 Å². The van der Waals surface area contributed by atoms with Gasteiger partial charge in [0.2, 0.25) is 17.6 Å². The Kier molecular flexibility index (Phi) is 9.25. The molecular formula is C27H29F3N6O3. The molecule has 0 spiro atoms. The maximum absolute atomic E-state index is 13.5. The number of likely N-dealkylation sites (N-methyl/N-ethyl adjacent to an activating group) is 2. The molecular weight excluding hydrogens is 513 g/mol. The molecule has 0 atom stereocenters. The molecule has 2 aromatic carbocycles. The van der Waals surface area contributed by atoms with E-state index in [4.69, 9.17) is 4.74 Å². The van der Waals surface area contributed by atoms with E-state index in [0.29, 0.717) is 29.4 Å². The Morgan fingerprint density at radius 1 is 1.08 bits per heavy atom. The number of carbonyl (C=O) groups is 2. The van der Waals surface area contributed by atoms with Crippen LogP contribution >= 0.6 is 0 Å². The Morgan fingerprint density at radius 3 is 2.44 bits per heavy atom. The summed E-state index contributed by atoms with van der Waals surface area (Å²) in [5.74, 6) is -1.02. The van der Waals surface area contributed by atoms with Gasteiger partial charge in [-0.05, 0) is 38.4 Å². The highest BCUT2D eigenvalue weighted by Gasteiger charge is 2.35. The highest BCUT2D eigenvalue weighted by atomic mass is 19.4. The van der Waals surface area contributed by atoms with Crippen LogP contribution in [0.1, 0.15) is 21.6 Å². The number of nitrogens with one attached hydrogen (secondary N) is 2. The fraction of sp³-hybridized carbons (Fsp3) is 0.259. The molecule has 0 saturated carbocycles. The van der Waals surface area contributed by atoms with Gasteiger partial charge >= 0.3 is 6.18 Å². The molecule has 0 saturated heterocycles. The van der Waals surface area contributed by atoms with Crippen LogP contribution in [0.5, 0.6) is 5.75 Å². The Labute approximate surface area is 224 Å². The summed E-state index contributed by atoms with van der Waals surface area (Å²) in [6.07, 6.45) is -2.31. The fourth-order valence-corrected chi connectivity index (χ4v) is 3.64. The first-order valence-electron chi connectivity index (χ1n) is 11.8. The van der Waals surface area contributed by atoms with Gasteiger partial charge in [-0.1, -0.05) is 24.8 Å². The molecule has 1 heterocycles. The summed E-state index contributed by atoms with van der Waals surface area (Å²) in [6, 6.07) is 9.06. The standard InChI is InChI=1S/C27H29F3N6O3/c1-6-24(37)32-20-15-21(23(39-5)16-22(20)36(4)14-13-35(2)3)34-26-31-12-11-19(33-26)25(38)17-9-7-8-10-18(17)27(28,29)30/h6-12,15-16H,1,13-14H2,2-5H3,(H,32,37)(H,31,33,34). The maximum atomic E-state index is 13.5. The first kappa shape index (κ1) is 29.1. The SMILES string of the molecule is C=CC(=O)Nc1cc(Nc2nccc(C(=O)c3ccccc3C(F)(F)F)n2)c(OC)cc1N(C)CCN(C)C. The summed E-state index contributed by atoms with van der Waals surface area (Å²) < 4.78 is 45.9. The van der Waals surface area contributed by atoms with Crippen molar-refractivity contribution in [3.63, 3.8) is 0 Å². The predicted molar refractivity (Wildman–Crippen MR) is 144 cm³/mol. The fourth-order valence-electron chi connectivity index (χ4n) is 3.64. The molecule has 3 aromatic rings. The van der Waals surface area contributed by atoms with Crippen LogP contribution in [0.25, 0.3) is 0 Å². The number of anilines is 4. The minimum Gasteiger partial charge on any atom is -0.494 e. The first-order chi connectivity index (χ1) is 18.4. The highest BCUT2D eigenvalue weighted by molar-refractivity contribution is 6.09. The van der Waals surface area contributed by atoms with E-state index in [0.717, 1.165) is 24.8 Å². The van der Waals surface area contributed by atoms with E-state index in [1.54, 1.807) is 12.1 Å². The second kappa shape index (κ2) is 12.4. The van der Waals surface area contributed by atoms with Crippen molar-refractivity contribution in [2.45, 2.75) is 6.18 Å². The lowest BCUT2D eigenvalue weighted by atomic mass is 10.0. The average molecular weight is 543 g/mol. The summed E-state index contributed by atoms with van der Waals surface area (Å²) in [5, 5.41) is 5.71. The monoisotopic (exact) mass is 542 g/mol. The summed E-state index contributed by atoms with van der Waals surface area (Å²) in [5.41, 5.74) is -0.350. The molecule has 1 aromatic heterocycles. The third-order valence-corrected chi connectivity index (χ3v) is 5.67. The zero-order valence-electron chi connectivity index (χ0n) is 22.0. The Morgan fingerprint density at radius 2 is 1.79 bits per heavy atom. The molecule has 1 amide bonds. The molecule has 0 aliphatic carbocycles. The zero-order valence-corrected chi connectivity index (χ0v) is 22.0. The molecule has 39 heavy (non-hydrogen) atoms. The van der Waals surface area contributed by atoms with E-state index < -0.39 is 29.0 Å². The average Bonchev–Trinajstić information content (AvgIpc) is 2.91. The second-order valence-corrected chi connectivity index (χ2v) is 8.75. The van der Waals surface area contributed by atoms with Crippen molar-refractivity contribution in [1.82, 2.24) is 14.9 Å². The first-order valence-corrected chi connectivity index (χ1v) is 11.8. The van der Waals surface area contributed by atoms with E-state index in [1.165, 1.54) is 31.5 Å². The molecule has 12 heteroatoms. The second-order valence-electron chi connectivity index (χ2n) is 8.75. The van der Waals surface area contributed by atoms with Crippen LogP contribution in [0.3, 0.4) is 0 Å². The number of nitrogens with zero attached hydrogens (tertiary/aromatic N) is 4. The maximum Gasteiger partial charge on any atom is 0.417 e. The van der Waals surface area contributed by atoms with Gasteiger partial charge in [0.15, 0.2) is 0 Å². The van der Waals surface area contributed by atoms with Gasteiger partial charge in [-0.15, -0.1) is 0 Å². The van der Waals surface area contributed by atoms with E-state index >= 15 is 0 Å². The number of amides is 1. The molecule has 2 N–H and O–H groups in total. The molecule has 0 aliphatic rings. The molecule has 0 aliphatic heterocycles. The van der Waals surface area contributed by atoms with Gasteiger partial charge < -0.3 is 25.2 Å². The number of ether oxygens (including phenoxy) is 1. The number of alkyl halides is 3. The summed E-state index contributed by atoms with van der Waals surface area (Å²) in [4.78, 5) is 37.3.